The van der Waals surface area contributed by atoms with Gasteiger partial charge in [-0.1, -0.05) is 34.1 Å². The molecule has 0 atom stereocenters. The van der Waals surface area contributed by atoms with Crippen LogP contribution in [0.3, 0.4) is 0 Å². The second-order valence-electron chi connectivity index (χ2n) is 5.24. The first kappa shape index (κ1) is 17.9. The number of hydrogen-bond acceptors (Lipinski definition) is 3. The molecule has 122 valence electrons. The number of halogens is 1. The van der Waals surface area contributed by atoms with Gasteiger partial charge in [0.15, 0.2) is 0 Å². The van der Waals surface area contributed by atoms with Gasteiger partial charge in [0, 0.05) is 21.5 Å². The first-order chi connectivity index (χ1) is 11.0. The fourth-order valence-corrected chi connectivity index (χ4v) is 3.54. The van der Waals surface area contributed by atoms with Gasteiger partial charge in [-0.05, 0) is 43.2 Å². The van der Waals surface area contributed by atoms with Crippen LogP contribution in [0.1, 0.15) is 16.7 Å². The van der Waals surface area contributed by atoms with E-state index in [0.29, 0.717) is 12.3 Å². The minimum atomic E-state index is 0.0147. The average Bonchev–Trinajstić information content (AvgIpc) is 2.55. The predicted molar refractivity (Wildman–Crippen MR) is 99.2 cm³/mol. The van der Waals surface area contributed by atoms with E-state index in [1.807, 2.05) is 24.3 Å². The van der Waals surface area contributed by atoms with Gasteiger partial charge in [0.05, 0.1) is 12.9 Å². The van der Waals surface area contributed by atoms with Crippen LogP contribution in [0.15, 0.2) is 45.8 Å². The third-order valence-corrected chi connectivity index (χ3v) is 5.50. The number of hydrogen-bond donors (Lipinski definition) is 1. The molecule has 1 N–H and O–H groups in total. The maximum atomic E-state index is 12.1. The number of methoxy groups -OCH3 is 1. The van der Waals surface area contributed by atoms with Crippen LogP contribution in [-0.4, -0.2) is 18.8 Å². The van der Waals surface area contributed by atoms with Crippen LogP contribution in [0.5, 0.6) is 5.75 Å². The number of ether oxygens (including phenoxy) is 1. The molecule has 5 heteroatoms. The quantitative estimate of drug-likeness (QED) is 0.734. The highest BCUT2D eigenvalue weighted by Crippen LogP contribution is 2.28. The molecule has 0 radical (unpaired) electrons. The Balaban J connectivity index is 1.89. The Labute approximate surface area is 149 Å². The number of aryl methyl sites for hydroxylation is 2. The van der Waals surface area contributed by atoms with Crippen LogP contribution in [0.25, 0.3) is 0 Å². The molecule has 0 saturated heterocycles. The zero-order valence-electron chi connectivity index (χ0n) is 13.5. The molecule has 0 aliphatic heterocycles. The summed E-state index contributed by atoms with van der Waals surface area (Å²) in [4.78, 5) is 13.2. The van der Waals surface area contributed by atoms with Crippen molar-refractivity contribution in [2.75, 3.05) is 12.9 Å². The average molecular weight is 394 g/mol. The molecule has 1 amide bonds. The lowest BCUT2D eigenvalue weighted by Gasteiger charge is -2.11. The third-order valence-electron chi connectivity index (χ3n) is 3.48. The van der Waals surface area contributed by atoms with Gasteiger partial charge in [-0.3, -0.25) is 4.79 Å². The van der Waals surface area contributed by atoms with Gasteiger partial charge in [0.25, 0.3) is 0 Å². The molecule has 0 unspecified atom stereocenters. The largest absolute Gasteiger partial charge is 0.496 e. The summed E-state index contributed by atoms with van der Waals surface area (Å²) in [5.74, 6) is 1.21. The first-order valence-electron chi connectivity index (χ1n) is 7.29. The molecule has 0 saturated carbocycles. The monoisotopic (exact) mass is 393 g/mol. The molecule has 0 bridgehead atoms. The molecule has 0 aliphatic carbocycles. The van der Waals surface area contributed by atoms with Gasteiger partial charge in [-0.2, -0.15) is 0 Å². The van der Waals surface area contributed by atoms with E-state index in [-0.39, 0.29) is 5.91 Å². The maximum absolute atomic E-state index is 12.1. The van der Waals surface area contributed by atoms with Crippen molar-refractivity contribution in [1.82, 2.24) is 5.32 Å². The van der Waals surface area contributed by atoms with Gasteiger partial charge in [0.2, 0.25) is 5.91 Å². The third kappa shape index (κ3) is 5.01. The summed E-state index contributed by atoms with van der Waals surface area (Å²) in [5.41, 5.74) is 3.32. The van der Waals surface area contributed by atoms with Crippen molar-refractivity contribution in [3.63, 3.8) is 0 Å². The lowest BCUT2D eigenvalue weighted by Crippen LogP contribution is -2.24. The van der Waals surface area contributed by atoms with E-state index in [4.69, 9.17) is 4.74 Å². The van der Waals surface area contributed by atoms with E-state index in [9.17, 15) is 4.79 Å². The Morgan fingerprint density at radius 1 is 1.22 bits per heavy atom. The van der Waals surface area contributed by atoms with Crippen LogP contribution >= 0.6 is 27.7 Å². The molecule has 0 aromatic heterocycles. The van der Waals surface area contributed by atoms with Crippen LogP contribution in [0.2, 0.25) is 0 Å². The second-order valence-corrected chi connectivity index (χ2v) is 7.12. The second kappa shape index (κ2) is 8.41. The summed E-state index contributed by atoms with van der Waals surface area (Å²) >= 11 is 5.08. The zero-order chi connectivity index (χ0) is 16.8. The standard InChI is InChI=1S/C18H20BrNO2S/c1-12-9-17(13(2)8-15(12)19)23-11-18(21)20-10-14-6-4-5-7-16(14)22-3/h4-9H,10-11H2,1-3H3,(H,20,21). The van der Waals surface area contributed by atoms with Crippen molar-refractivity contribution in [2.45, 2.75) is 25.3 Å². The van der Waals surface area contributed by atoms with E-state index in [2.05, 4.69) is 47.2 Å². The van der Waals surface area contributed by atoms with Crippen LogP contribution < -0.4 is 10.1 Å². The highest BCUT2D eigenvalue weighted by Gasteiger charge is 2.08. The minimum absolute atomic E-state index is 0.0147. The summed E-state index contributed by atoms with van der Waals surface area (Å²) in [7, 11) is 1.63. The number of nitrogens with one attached hydrogen (secondary N) is 1. The molecule has 3 nitrogen and oxygen atoms in total. The Hall–Kier alpha value is -1.46. The topological polar surface area (TPSA) is 38.3 Å². The minimum Gasteiger partial charge on any atom is -0.496 e. The number of carbonyl (C=O) groups excluding carboxylic acids is 1. The van der Waals surface area contributed by atoms with Gasteiger partial charge >= 0.3 is 0 Å². The number of carbonyl (C=O) groups is 1. The van der Waals surface area contributed by atoms with Crippen LogP contribution in [-0.2, 0) is 11.3 Å². The molecular weight excluding hydrogens is 374 g/mol. The number of rotatable bonds is 6. The zero-order valence-corrected chi connectivity index (χ0v) is 15.9. The normalized spacial score (nSPS) is 10.4. The van der Waals surface area contributed by atoms with Crippen molar-refractivity contribution in [3.05, 3.63) is 57.6 Å². The van der Waals surface area contributed by atoms with Gasteiger partial charge < -0.3 is 10.1 Å². The van der Waals surface area contributed by atoms with E-state index >= 15 is 0 Å². The molecule has 0 aliphatic rings. The van der Waals surface area contributed by atoms with Gasteiger partial charge in [0.1, 0.15) is 5.75 Å². The fourth-order valence-electron chi connectivity index (χ4n) is 2.15. The number of para-hydroxylation sites is 1. The van der Waals surface area contributed by atoms with Crippen molar-refractivity contribution in [2.24, 2.45) is 0 Å². The summed E-state index contributed by atoms with van der Waals surface area (Å²) in [6.07, 6.45) is 0. The summed E-state index contributed by atoms with van der Waals surface area (Å²) in [5, 5.41) is 2.94. The molecule has 2 aromatic carbocycles. The van der Waals surface area contributed by atoms with E-state index < -0.39 is 0 Å². The molecule has 23 heavy (non-hydrogen) atoms. The Morgan fingerprint density at radius 3 is 2.70 bits per heavy atom. The first-order valence-corrected chi connectivity index (χ1v) is 9.07. The molecule has 2 aromatic rings. The lowest BCUT2D eigenvalue weighted by atomic mass is 10.2. The highest BCUT2D eigenvalue weighted by atomic mass is 79.9. The lowest BCUT2D eigenvalue weighted by molar-refractivity contribution is -0.118. The number of amides is 1. The summed E-state index contributed by atoms with van der Waals surface area (Å²) in [6.45, 7) is 4.58. The van der Waals surface area contributed by atoms with Crippen LogP contribution in [0, 0.1) is 13.8 Å². The van der Waals surface area contributed by atoms with Gasteiger partial charge in [-0.15, -0.1) is 11.8 Å². The van der Waals surface area contributed by atoms with E-state index in [1.54, 1.807) is 18.9 Å². The van der Waals surface area contributed by atoms with Gasteiger partial charge in [-0.25, -0.2) is 0 Å². The maximum Gasteiger partial charge on any atom is 0.230 e. The van der Waals surface area contributed by atoms with Crippen molar-refractivity contribution >= 4 is 33.6 Å². The number of benzene rings is 2. The van der Waals surface area contributed by atoms with Crippen LogP contribution in [0.4, 0.5) is 0 Å². The fraction of sp³-hybridized carbons (Fsp3) is 0.278. The molecule has 0 heterocycles. The smallest absolute Gasteiger partial charge is 0.230 e. The van der Waals surface area contributed by atoms with Crippen molar-refractivity contribution in [1.29, 1.82) is 0 Å². The number of thioether (sulfide) groups is 1. The molecule has 2 rings (SSSR count). The van der Waals surface area contributed by atoms with E-state index in [1.165, 1.54) is 11.1 Å². The summed E-state index contributed by atoms with van der Waals surface area (Å²) < 4.78 is 6.38. The van der Waals surface area contributed by atoms with E-state index in [0.717, 1.165) is 20.7 Å². The van der Waals surface area contributed by atoms with Crippen molar-refractivity contribution in [3.8, 4) is 5.75 Å². The summed E-state index contributed by atoms with van der Waals surface area (Å²) in [6, 6.07) is 11.9. The Morgan fingerprint density at radius 2 is 1.96 bits per heavy atom. The molecule has 0 spiro atoms. The SMILES string of the molecule is COc1ccccc1CNC(=O)CSc1cc(C)c(Br)cc1C. The molecular formula is C18H20BrNO2S. The Kier molecular flexibility index (Phi) is 6.54. The molecule has 0 fully saturated rings. The highest BCUT2D eigenvalue weighted by molar-refractivity contribution is 9.10. The Bertz CT molecular complexity index is 703. The predicted octanol–water partition coefficient (Wildman–Crippen LogP) is 4.48. The van der Waals surface area contributed by atoms with Crippen molar-refractivity contribution < 1.29 is 9.53 Å².